The summed E-state index contributed by atoms with van der Waals surface area (Å²) < 4.78 is 45.0. The number of benzene rings is 2. The van der Waals surface area contributed by atoms with Gasteiger partial charge in [0.15, 0.2) is 24.1 Å². The molecule has 2 aromatic rings. The van der Waals surface area contributed by atoms with Crippen molar-refractivity contribution in [1.29, 1.82) is 0 Å². The Kier molecular flexibility index (Phi) is 3.88. The summed E-state index contributed by atoms with van der Waals surface area (Å²) in [5, 5.41) is 2.37. The van der Waals surface area contributed by atoms with E-state index < -0.39 is 28.9 Å². The van der Waals surface area contributed by atoms with E-state index in [1.165, 1.54) is 23.1 Å². The molecule has 0 saturated carbocycles. The van der Waals surface area contributed by atoms with Gasteiger partial charge in [0, 0.05) is 12.7 Å². The average Bonchev–Trinajstić information content (AvgIpc) is 2.56. The van der Waals surface area contributed by atoms with Gasteiger partial charge < -0.3 is 15.0 Å². The lowest BCUT2D eigenvalue weighted by Crippen LogP contribution is -2.35. The minimum Gasteiger partial charge on any atom is -0.482 e. The number of fused-ring (bicyclic) bond motifs is 1. The summed E-state index contributed by atoms with van der Waals surface area (Å²) in [6.07, 6.45) is 0. The van der Waals surface area contributed by atoms with Gasteiger partial charge in [-0.1, -0.05) is 0 Å². The molecule has 8 heteroatoms. The third kappa shape index (κ3) is 2.66. The Bertz CT molecular complexity index is 855. The van der Waals surface area contributed by atoms with Crippen LogP contribution in [0.5, 0.6) is 5.75 Å². The molecule has 0 radical (unpaired) electrons. The van der Waals surface area contributed by atoms with Crippen LogP contribution >= 0.6 is 0 Å². The van der Waals surface area contributed by atoms with Crippen molar-refractivity contribution >= 4 is 23.2 Å². The zero-order valence-corrected chi connectivity index (χ0v) is 12.4. The number of hydrogen-bond donors (Lipinski definition) is 1. The number of anilines is 2. The van der Waals surface area contributed by atoms with Crippen LogP contribution in [0.2, 0.25) is 0 Å². The van der Waals surface area contributed by atoms with E-state index in [-0.39, 0.29) is 18.2 Å². The second-order valence-corrected chi connectivity index (χ2v) is 5.10. The maximum atomic E-state index is 13.7. The molecule has 0 atom stereocenters. The Morgan fingerprint density at radius 1 is 1.17 bits per heavy atom. The number of nitrogens with zero attached hydrogens (tertiary/aromatic N) is 1. The highest BCUT2D eigenvalue weighted by atomic mass is 19.2. The molecule has 124 valence electrons. The number of carbonyl (C=O) groups excluding carboxylic acids is 2. The van der Waals surface area contributed by atoms with Crippen LogP contribution in [0.3, 0.4) is 0 Å². The Morgan fingerprint density at radius 3 is 2.67 bits per heavy atom. The van der Waals surface area contributed by atoms with Crippen molar-refractivity contribution in [3.8, 4) is 5.75 Å². The Balaban J connectivity index is 1.88. The summed E-state index contributed by atoms with van der Waals surface area (Å²) in [4.78, 5) is 25.0. The SMILES string of the molecule is CN1C(=O)COc2ccc(NC(=O)c3ccc(F)c(F)c3F)cc21. The second-order valence-electron chi connectivity index (χ2n) is 5.10. The van der Waals surface area contributed by atoms with E-state index in [0.29, 0.717) is 17.5 Å². The summed E-state index contributed by atoms with van der Waals surface area (Å²) >= 11 is 0. The Labute approximate surface area is 134 Å². The van der Waals surface area contributed by atoms with Gasteiger partial charge in [-0.25, -0.2) is 13.2 Å². The number of rotatable bonds is 2. The normalized spacial score (nSPS) is 13.3. The molecule has 1 aliphatic heterocycles. The highest BCUT2D eigenvalue weighted by molar-refractivity contribution is 6.05. The number of carbonyl (C=O) groups is 2. The molecule has 0 aliphatic carbocycles. The van der Waals surface area contributed by atoms with E-state index in [4.69, 9.17) is 4.74 Å². The van der Waals surface area contributed by atoms with Crippen molar-refractivity contribution < 1.29 is 27.5 Å². The molecule has 0 saturated heterocycles. The van der Waals surface area contributed by atoms with Gasteiger partial charge in [-0.15, -0.1) is 0 Å². The van der Waals surface area contributed by atoms with Gasteiger partial charge in [0.1, 0.15) is 5.75 Å². The summed E-state index contributed by atoms with van der Waals surface area (Å²) in [6.45, 7) is -0.0880. The highest BCUT2D eigenvalue weighted by Crippen LogP contribution is 2.33. The summed E-state index contributed by atoms with van der Waals surface area (Å²) in [7, 11) is 1.55. The van der Waals surface area contributed by atoms with E-state index in [1.54, 1.807) is 7.05 Å². The van der Waals surface area contributed by atoms with Crippen LogP contribution in [0.1, 0.15) is 10.4 Å². The molecule has 2 amide bonds. The van der Waals surface area contributed by atoms with Crippen LogP contribution in [-0.4, -0.2) is 25.5 Å². The quantitative estimate of drug-likeness (QED) is 0.858. The lowest BCUT2D eigenvalue weighted by atomic mass is 10.1. The van der Waals surface area contributed by atoms with Crippen LogP contribution in [0.15, 0.2) is 30.3 Å². The van der Waals surface area contributed by atoms with E-state index in [9.17, 15) is 22.8 Å². The molecule has 2 aromatic carbocycles. The first-order valence-electron chi connectivity index (χ1n) is 6.86. The average molecular weight is 336 g/mol. The first kappa shape index (κ1) is 15.9. The van der Waals surface area contributed by atoms with Crippen LogP contribution in [-0.2, 0) is 4.79 Å². The zero-order valence-electron chi connectivity index (χ0n) is 12.4. The van der Waals surface area contributed by atoms with Gasteiger partial charge in [0.2, 0.25) is 0 Å². The third-order valence-corrected chi connectivity index (χ3v) is 3.58. The third-order valence-electron chi connectivity index (χ3n) is 3.58. The van der Waals surface area contributed by atoms with Gasteiger partial charge in [-0.05, 0) is 30.3 Å². The molecule has 0 bridgehead atoms. The number of hydrogen-bond acceptors (Lipinski definition) is 3. The molecule has 24 heavy (non-hydrogen) atoms. The monoisotopic (exact) mass is 336 g/mol. The fraction of sp³-hybridized carbons (Fsp3) is 0.125. The van der Waals surface area contributed by atoms with E-state index in [1.807, 2.05) is 0 Å². The van der Waals surface area contributed by atoms with Crippen molar-refractivity contribution in [2.24, 2.45) is 0 Å². The van der Waals surface area contributed by atoms with Crippen LogP contribution in [0, 0.1) is 17.5 Å². The van der Waals surface area contributed by atoms with E-state index >= 15 is 0 Å². The molecular formula is C16H11F3N2O3. The molecule has 3 rings (SSSR count). The van der Waals surface area contributed by atoms with Gasteiger partial charge >= 0.3 is 0 Å². The lowest BCUT2D eigenvalue weighted by Gasteiger charge is -2.26. The lowest BCUT2D eigenvalue weighted by molar-refractivity contribution is -0.120. The maximum absolute atomic E-state index is 13.7. The molecule has 1 N–H and O–H groups in total. The fourth-order valence-corrected chi connectivity index (χ4v) is 2.25. The first-order valence-corrected chi connectivity index (χ1v) is 6.86. The Morgan fingerprint density at radius 2 is 1.92 bits per heavy atom. The maximum Gasteiger partial charge on any atom is 0.264 e. The zero-order chi connectivity index (χ0) is 17.4. The minimum absolute atomic E-state index is 0.0880. The molecule has 0 fully saturated rings. The molecule has 1 aliphatic rings. The number of halogens is 3. The van der Waals surface area contributed by atoms with Crippen molar-refractivity contribution in [1.82, 2.24) is 0 Å². The number of nitrogens with one attached hydrogen (secondary N) is 1. The molecule has 1 heterocycles. The van der Waals surface area contributed by atoms with Crippen LogP contribution in [0.4, 0.5) is 24.5 Å². The van der Waals surface area contributed by atoms with Crippen molar-refractivity contribution in [2.75, 3.05) is 23.9 Å². The van der Waals surface area contributed by atoms with E-state index in [0.717, 1.165) is 6.07 Å². The number of amides is 2. The molecular weight excluding hydrogens is 325 g/mol. The summed E-state index contributed by atoms with van der Waals surface area (Å²) in [5.41, 5.74) is 0.0372. The number of ether oxygens (including phenoxy) is 1. The van der Waals surface area contributed by atoms with Crippen molar-refractivity contribution in [3.63, 3.8) is 0 Å². The van der Waals surface area contributed by atoms with Crippen molar-refractivity contribution in [3.05, 3.63) is 53.3 Å². The van der Waals surface area contributed by atoms with Gasteiger partial charge in [-0.3, -0.25) is 9.59 Å². The predicted octanol–water partition coefficient (Wildman–Crippen LogP) is 2.71. The highest BCUT2D eigenvalue weighted by Gasteiger charge is 2.23. The summed E-state index contributed by atoms with van der Waals surface area (Å²) in [6, 6.07) is 6.00. The topological polar surface area (TPSA) is 58.6 Å². The first-order chi connectivity index (χ1) is 11.4. The Hall–Kier alpha value is -3.03. The predicted molar refractivity (Wildman–Crippen MR) is 79.6 cm³/mol. The molecule has 0 unspecified atom stereocenters. The number of likely N-dealkylation sites (N-methyl/N-ethyl adjacent to an activating group) is 1. The van der Waals surface area contributed by atoms with Gasteiger partial charge in [-0.2, -0.15) is 0 Å². The van der Waals surface area contributed by atoms with Gasteiger partial charge in [0.05, 0.1) is 11.3 Å². The van der Waals surface area contributed by atoms with Gasteiger partial charge in [0.25, 0.3) is 11.8 Å². The van der Waals surface area contributed by atoms with Crippen LogP contribution in [0.25, 0.3) is 0 Å². The smallest absolute Gasteiger partial charge is 0.264 e. The largest absolute Gasteiger partial charge is 0.482 e. The standard InChI is InChI=1S/C16H11F3N2O3/c1-21-11-6-8(2-5-12(11)24-7-13(21)22)20-16(23)9-3-4-10(17)15(19)14(9)18/h2-6H,7H2,1H3,(H,20,23). The molecule has 0 aromatic heterocycles. The fourth-order valence-electron chi connectivity index (χ4n) is 2.25. The van der Waals surface area contributed by atoms with Crippen molar-refractivity contribution in [2.45, 2.75) is 0 Å². The molecule has 0 spiro atoms. The second kappa shape index (κ2) is 5.88. The minimum atomic E-state index is -1.72. The summed E-state index contributed by atoms with van der Waals surface area (Å²) in [5.74, 6) is -5.42. The van der Waals surface area contributed by atoms with E-state index in [2.05, 4.69) is 5.32 Å². The molecule has 5 nitrogen and oxygen atoms in total. The van der Waals surface area contributed by atoms with Crippen LogP contribution < -0.4 is 15.0 Å².